The average Bonchev–Trinajstić information content (AvgIpc) is 2.70. The van der Waals surface area contributed by atoms with Gasteiger partial charge in [-0.05, 0) is 48.0 Å². The molecule has 0 atom stereocenters. The monoisotopic (exact) mass is 397 g/mol. The maximum Gasteiger partial charge on any atom is 0.387 e. The Morgan fingerprint density at radius 1 is 0.931 bits per heavy atom. The summed E-state index contributed by atoms with van der Waals surface area (Å²) in [6.07, 6.45) is 3.18. The Bertz CT molecular complexity index is 980. The van der Waals surface area contributed by atoms with Crippen LogP contribution in [0.5, 0.6) is 5.75 Å². The number of alkyl halides is 2. The van der Waals surface area contributed by atoms with E-state index in [1.54, 1.807) is 48.8 Å². The van der Waals surface area contributed by atoms with Gasteiger partial charge in [-0.15, -0.1) is 0 Å². The van der Waals surface area contributed by atoms with E-state index in [2.05, 4.69) is 20.4 Å². The average molecular weight is 397 g/mol. The first-order valence-corrected chi connectivity index (χ1v) is 8.64. The molecule has 8 heteroatoms. The van der Waals surface area contributed by atoms with Crippen LogP contribution in [-0.2, 0) is 11.2 Å². The van der Waals surface area contributed by atoms with Crippen molar-refractivity contribution in [1.82, 2.24) is 4.98 Å². The first-order valence-electron chi connectivity index (χ1n) is 8.64. The van der Waals surface area contributed by atoms with Crippen molar-refractivity contribution in [1.29, 1.82) is 0 Å². The van der Waals surface area contributed by atoms with Gasteiger partial charge in [0.05, 0.1) is 6.42 Å². The molecule has 148 valence electrons. The van der Waals surface area contributed by atoms with Crippen molar-refractivity contribution < 1.29 is 23.1 Å². The van der Waals surface area contributed by atoms with E-state index in [9.17, 15) is 18.4 Å². The molecule has 0 aliphatic heterocycles. The molecule has 0 saturated heterocycles. The lowest BCUT2D eigenvalue weighted by atomic mass is 10.1. The number of hydrogen-bond acceptors (Lipinski definition) is 4. The number of hydrogen-bond donors (Lipinski definition) is 2. The smallest absolute Gasteiger partial charge is 0.387 e. The zero-order valence-corrected chi connectivity index (χ0v) is 15.1. The van der Waals surface area contributed by atoms with Crippen molar-refractivity contribution in [3.63, 3.8) is 0 Å². The highest BCUT2D eigenvalue weighted by Crippen LogP contribution is 2.17. The van der Waals surface area contributed by atoms with E-state index in [-0.39, 0.29) is 24.0 Å². The number of ether oxygens (including phenoxy) is 1. The van der Waals surface area contributed by atoms with Crippen LogP contribution in [0.3, 0.4) is 0 Å². The van der Waals surface area contributed by atoms with Gasteiger partial charge in [0.2, 0.25) is 5.91 Å². The van der Waals surface area contributed by atoms with E-state index < -0.39 is 6.61 Å². The molecule has 0 aliphatic rings. The Morgan fingerprint density at radius 2 is 1.66 bits per heavy atom. The molecule has 6 nitrogen and oxygen atoms in total. The minimum atomic E-state index is -2.90. The number of aromatic nitrogens is 1. The zero-order chi connectivity index (χ0) is 20.6. The summed E-state index contributed by atoms with van der Waals surface area (Å²) in [6, 6.07) is 15.7. The molecule has 0 bridgehead atoms. The Morgan fingerprint density at radius 3 is 2.34 bits per heavy atom. The van der Waals surface area contributed by atoms with Gasteiger partial charge in [0.25, 0.3) is 5.91 Å². The molecule has 1 heterocycles. The standard InChI is InChI=1S/C21H17F2N3O3/c22-21(23)29-18-6-4-14(5-7-18)12-19(27)25-17-3-1-2-15(13-17)20(28)26-16-8-10-24-11-9-16/h1-11,13,21H,12H2,(H,25,27)(H,24,26,28). The maximum atomic E-state index is 12.3. The van der Waals surface area contributed by atoms with Crippen LogP contribution in [0.4, 0.5) is 20.2 Å². The number of carbonyl (C=O) groups excluding carboxylic acids is 2. The summed E-state index contributed by atoms with van der Waals surface area (Å²) in [5, 5.41) is 5.46. The van der Waals surface area contributed by atoms with Crippen LogP contribution in [0.25, 0.3) is 0 Å². The molecule has 0 aliphatic carbocycles. The molecule has 3 rings (SSSR count). The highest BCUT2D eigenvalue weighted by Gasteiger charge is 2.10. The maximum absolute atomic E-state index is 12.3. The number of nitrogens with zero attached hydrogens (tertiary/aromatic N) is 1. The normalized spacial score (nSPS) is 10.4. The van der Waals surface area contributed by atoms with E-state index in [1.807, 2.05) is 0 Å². The second-order valence-corrected chi connectivity index (χ2v) is 6.02. The van der Waals surface area contributed by atoms with E-state index in [0.717, 1.165) is 0 Å². The summed E-state index contributed by atoms with van der Waals surface area (Å²) in [6.45, 7) is -2.90. The van der Waals surface area contributed by atoms with Crippen LogP contribution in [0.2, 0.25) is 0 Å². The Hall–Kier alpha value is -3.81. The Balaban J connectivity index is 1.59. The van der Waals surface area contributed by atoms with Crippen LogP contribution < -0.4 is 15.4 Å². The van der Waals surface area contributed by atoms with Crippen molar-refractivity contribution in [3.05, 3.63) is 84.2 Å². The second kappa shape index (κ2) is 9.41. The summed E-state index contributed by atoms with van der Waals surface area (Å²) in [5.41, 5.74) is 2.09. The molecule has 0 fully saturated rings. The SMILES string of the molecule is O=C(Cc1ccc(OC(F)F)cc1)Nc1cccc(C(=O)Nc2ccncc2)c1. The molecular weight excluding hydrogens is 380 g/mol. The number of pyridine rings is 1. The lowest BCUT2D eigenvalue weighted by molar-refractivity contribution is -0.115. The number of halogens is 2. The van der Waals surface area contributed by atoms with Gasteiger partial charge >= 0.3 is 6.61 Å². The number of benzene rings is 2. The lowest BCUT2D eigenvalue weighted by Crippen LogP contribution is -2.16. The van der Waals surface area contributed by atoms with Crippen LogP contribution in [-0.4, -0.2) is 23.4 Å². The van der Waals surface area contributed by atoms with Crippen molar-refractivity contribution in [2.24, 2.45) is 0 Å². The van der Waals surface area contributed by atoms with Gasteiger partial charge in [0, 0.05) is 29.3 Å². The Kier molecular flexibility index (Phi) is 6.47. The molecule has 1 aromatic heterocycles. The number of anilines is 2. The molecule has 0 saturated carbocycles. The second-order valence-electron chi connectivity index (χ2n) is 6.02. The topological polar surface area (TPSA) is 80.3 Å². The van der Waals surface area contributed by atoms with Crippen LogP contribution in [0.1, 0.15) is 15.9 Å². The molecule has 2 aromatic carbocycles. The molecule has 29 heavy (non-hydrogen) atoms. The third-order valence-electron chi connectivity index (χ3n) is 3.86. The third-order valence-corrected chi connectivity index (χ3v) is 3.86. The minimum absolute atomic E-state index is 0.0251. The van der Waals surface area contributed by atoms with Gasteiger partial charge in [0.1, 0.15) is 5.75 Å². The van der Waals surface area contributed by atoms with Crippen molar-refractivity contribution >= 4 is 23.2 Å². The molecule has 0 unspecified atom stereocenters. The number of rotatable bonds is 7. The largest absolute Gasteiger partial charge is 0.435 e. The van der Waals surface area contributed by atoms with E-state index >= 15 is 0 Å². The number of carbonyl (C=O) groups is 2. The quantitative estimate of drug-likeness (QED) is 0.629. The van der Waals surface area contributed by atoms with Gasteiger partial charge in [-0.2, -0.15) is 8.78 Å². The van der Waals surface area contributed by atoms with E-state index in [1.165, 1.54) is 24.3 Å². The minimum Gasteiger partial charge on any atom is -0.435 e. The lowest BCUT2D eigenvalue weighted by Gasteiger charge is -2.09. The predicted molar refractivity (Wildman–Crippen MR) is 104 cm³/mol. The summed E-state index contributed by atoms with van der Waals surface area (Å²) in [4.78, 5) is 28.5. The first kappa shape index (κ1) is 19.9. The molecule has 0 spiro atoms. The first-order chi connectivity index (χ1) is 14.0. The van der Waals surface area contributed by atoms with Gasteiger partial charge in [-0.3, -0.25) is 14.6 Å². The molecule has 2 N–H and O–H groups in total. The molecule has 3 aromatic rings. The predicted octanol–water partition coefficient (Wildman–Crippen LogP) is 4.12. The van der Waals surface area contributed by atoms with Crippen LogP contribution in [0.15, 0.2) is 73.1 Å². The van der Waals surface area contributed by atoms with Crippen molar-refractivity contribution in [2.75, 3.05) is 10.6 Å². The number of nitrogens with one attached hydrogen (secondary N) is 2. The fraction of sp³-hybridized carbons (Fsp3) is 0.0952. The highest BCUT2D eigenvalue weighted by molar-refractivity contribution is 6.05. The molecule has 0 radical (unpaired) electrons. The van der Waals surface area contributed by atoms with Crippen molar-refractivity contribution in [3.8, 4) is 5.75 Å². The molecular formula is C21H17F2N3O3. The van der Waals surface area contributed by atoms with Gasteiger partial charge in [-0.1, -0.05) is 18.2 Å². The fourth-order valence-corrected chi connectivity index (χ4v) is 2.56. The van der Waals surface area contributed by atoms with Crippen LogP contribution in [0, 0.1) is 0 Å². The zero-order valence-electron chi connectivity index (χ0n) is 15.1. The Labute approximate surface area is 165 Å². The molecule has 2 amide bonds. The highest BCUT2D eigenvalue weighted by atomic mass is 19.3. The fourth-order valence-electron chi connectivity index (χ4n) is 2.56. The van der Waals surface area contributed by atoms with Gasteiger partial charge < -0.3 is 15.4 Å². The van der Waals surface area contributed by atoms with Gasteiger partial charge in [0.15, 0.2) is 0 Å². The number of amides is 2. The summed E-state index contributed by atoms with van der Waals surface area (Å²) in [5.74, 6) is -0.599. The van der Waals surface area contributed by atoms with Crippen LogP contribution >= 0.6 is 0 Å². The van der Waals surface area contributed by atoms with E-state index in [0.29, 0.717) is 22.5 Å². The summed E-state index contributed by atoms with van der Waals surface area (Å²) >= 11 is 0. The van der Waals surface area contributed by atoms with E-state index in [4.69, 9.17) is 0 Å². The summed E-state index contributed by atoms with van der Waals surface area (Å²) in [7, 11) is 0. The summed E-state index contributed by atoms with van der Waals surface area (Å²) < 4.78 is 28.6. The van der Waals surface area contributed by atoms with Crippen molar-refractivity contribution in [2.45, 2.75) is 13.0 Å². The third kappa shape index (κ3) is 6.10. The van der Waals surface area contributed by atoms with Gasteiger partial charge in [-0.25, -0.2) is 0 Å².